The summed E-state index contributed by atoms with van der Waals surface area (Å²) in [6.45, 7) is 9.49. The Bertz CT molecular complexity index is 1970. The van der Waals surface area contributed by atoms with E-state index >= 15 is 0 Å². The predicted molar refractivity (Wildman–Crippen MR) is 189 cm³/mol. The number of rotatable bonds is 5. The number of hydrogen-bond acceptors (Lipinski definition) is 8. The highest BCUT2D eigenvalue weighted by Gasteiger charge is 2.34. The second kappa shape index (κ2) is 13.8. The van der Waals surface area contributed by atoms with Gasteiger partial charge in [-0.05, 0) is 86.9 Å². The van der Waals surface area contributed by atoms with Crippen molar-refractivity contribution < 1.29 is 32.3 Å². The molecular formula is C35H33F3N6O4S2. The summed E-state index contributed by atoms with van der Waals surface area (Å²) in [7, 11) is 0. The fourth-order valence-electron chi connectivity index (χ4n) is 5.35. The minimum Gasteiger partial charge on any atom is -0.442 e. The number of amidine groups is 1. The number of aryl methyl sites for hydroxylation is 1. The number of carbonyl (C=O) groups excluding carboxylic acids is 1. The normalized spacial score (nSPS) is 16.4. The lowest BCUT2D eigenvalue weighted by Gasteiger charge is -2.30. The van der Waals surface area contributed by atoms with Gasteiger partial charge in [0.05, 0.1) is 17.9 Å². The summed E-state index contributed by atoms with van der Waals surface area (Å²) < 4.78 is 48.5. The van der Waals surface area contributed by atoms with Crippen molar-refractivity contribution in [3.05, 3.63) is 102 Å². The van der Waals surface area contributed by atoms with E-state index in [4.69, 9.17) is 21.8 Å². The Hall–Kier alpha value is -4.89. The molecule has 10 nitrogen and oxygen atoms in total. The zero-order chi connectivity index (χ0) is 35.8. The summed E-state index contributed by atoms with van der Waals surface area (Å²) in [5, 5.41) is 6.00. The minimum atomic E-state index is -4.78. The van der Waals surface area contributed by atoms with E-state index in [1.807, 2.05) is 6.92 Å². The molecule has 1 unspecified atom stereocenters. The number of allylic oxidation sites excluding steroid dienone is 1. The molecule has 0 saturated carbocycles. The topological polar surface area (TPSA) is 94.3 Å². The molecule has 1 aromatic heterocycles. The fourth-order valence-corrected chi connectivity index (χ4v) is 6.58. The van der Waals surface area contributed by atoms with Crippen LogP contribution in [0.2, 0.25) is 0 Å². The van der Waals surface area contributed by atoms with Crippen LogP contribution in [0.5, 0.6) is 5.75 Å². The van der Waals surface area contributed by atoms with Gasteiger partial charge in [-0.2, -0.15) is 4.99 Å². The van der Waals surface area contributed by atoms with Crippen LogP contribution in [-0.4, -0.2) is 54.0 Å². The Balaban J connectivity index is 1.17. The van der Waals surface area contributed by atoms with Crippen molar-refractivity contribution in [2.45, 2.75) is 59.0 Å². The monoisotopic (exact) mass is 722 g/mol. The lowest BCUT2D eigenvalue weighted by molar-refractivity contribution is -0.274. The molecule has 50 heavy (non-hydrogen) atoms. The molecule has 2 aliphatic rings. The van der Waals surface area contributed by atoms with E-state index in [1.165, 1.54) is 40.8 Å². The maximum absolute atomic E-state index is 13.3. The predicted octanol–water partition coefficient (Wildman–Crippen LogP) is 8.71. The molecule has 4 aromatic rings. The van der Waals surface area contributed by atoms with Crippen LogP contribution in [0.15, 0.2) is 89.8 Å². The number of thioether (sulfide) groups is 1. The van der Waals surface area contributed by atoms with Crippen LogP contribution in [0.4, 0.5) is 23.7 Å². The second-order valence-electron chi connectivity index (χ2n) is 12.7. The Morgan fingerprint density at radius 3 is 2.48 bits per heavy atom. The number of aromatic nitrogens is 3. The Morgan fingerprint density at radius 2 is 1.80 bits per heavy atom. The van der Waals surface area contributed by atoms with Crippen molar-refractivity contribution in [2.75, 3.05) is 10.7 Å². The van der Waals surface area contributed by atoms with E-state index < -0.39 is 18.1 Å². The molecule has 1 saturated heterocycles. The molecular weight excluding hydrogens is 690 g/mol. The van der Waals surface area contributed by atoms with Crippen molar-refractivity contribution in [1.82, 2.24) is 19.8 Å². The molecule has 0 radical (unpaired) electrons. The van der Waals surface area contributed by atoms with Gasteiger partial charge in [0.15, 0.2) is 11.0 Å². The number of fused-ring (bicyclic) bond motifs is 3. The van der Waals surface area contributed by atoms with E-state index in [0.29, 0.717) is 27.8 Å². The van der Waals surface area contributed by atoms with Gasteiger partial charge in [0.25, 0.3) is 0 Å². The summed E-state index contributed by atoms with van der Waals surface area (Å²) in [6.07, 6.45) is -1.83. The van der Waals surface area contributed by atoms with E-state index in [2.05, 4.69) is 55.9 Å². The summed E-state index contributed by atoms with van der Waals surface area (Å²) in [5.41, 5.74) is 5.57. The lowest BCUT2D eigenvalue weighted by Crippen LogP contribution is -2.37. The molecule has 0 spiro atoms. The molecule has 1 fully saturated rings. The summed E-state index contributed by atoms with van der Waals surface area (Å²) in [6, 6.07) is 18.8. The molecule has 15 heteroatoms. The molecule has 3 heterocycles. The second-order valence-corrected chi connectivity index (χ2v) is 13.9. The Labute approximate surface area is 296 Å². The summed E-state index contributed by atoms with van der Waals surface area (Å²) >= 11 is 7.09. The molecule has 0 N–H and O–H groups in total. The van der Waals surface area contributed by atoms with Gasteiger partial charge in [-0.1, -0.05) is 61.2 Å². The van der Waals surface area contributed by atoms with Crippen LogP contribution in [0.25, 0.3) is 17.1 Å². The SMILES string of the molecule is Cc1ccc2c(c1)N1C(=CC2C)CS/C1=N\C(=S)ON(Cc1ccc(-c2ncn(-c3ccc(OC(F)(F)F)cc3)n2)cc1)C(=O)OC(C)(C)C. The van der Waals surface area contributed by atoms with Crippen LogP contribution >= 0.6 is 24.0 Å². The third kappa shape index (κ3) is 8.28. The van der Waals surface area contributed by atoms with Crippen LogP contribution in [0.3, 0.4) is 0 Å². The van der Waals surface area contributed by atoms with E-state index in [9.17, 15) is 18.0 Å². The number of carbonyl (C=O) groups is 1. The smallest absolute Gasteiger partial charge is 0.442 e. The first kappa shape index (κ1) is 35.0. The third-order valence-electron chi connectivity index (χ3n) is 7.52. The molecule has 0 aliphatic carbocycles. The van der Waals surface area contributed by atoms with Crippen LogP contribution < -0.4 is 9.64 Å². The van der Waals surface area contributed by atoms with Crippen molar-refractivity contribution in [3.8, 4) is 22.8 Å². The van der Waals surface area contributed by atoms with E-state index in [1.54, 1.807) is 56.8 Å². The molecule has 0 bridgehead atoms. The molecule has 260 valence electrons. The van der Waals surface area contributed by atoms with Gasteiger partial charge in [0.1, 0.15) is 17.7 Å². The number of aliphatic imine (C=N–C) groups is 1. The summed E-state index contributed by atoms with van der Waals surface area (Å²) in [4.78, 5) is 30.2. The highest BCUT2D eigenvalue weighted by molar-refractivity contribution is 8.14. The number of benzene rings is 3. The van der Waals surface area contributed by atoms with Crippen molar-refractivity contribution >= 4 is 46.1 Å². The first-order valence-corrected chi connectivity index (χ1v) is 16.9. The van der Waals surface area contributed by atoms with Gasteiger partial charge in [-0.15, -0.1) is 23.3 Å². The number of halogens is 3. The molecule has 6 rings (SSSR count). The van der Waals surface area contributed by atoms with Gasteiger partial charge in [0.2, 0.25) is 0 Å². The highest BCUT2D eigenvalue weighted by Crippen LogP contribution is 2.43. The quantitative estimate of drug-likeness (QED) is 0.148. The maximum atomic E-state index is 13.3. The van der Waals surface area contributed by atoms with Gasteiger partial charge >= 0.3 is 17.6 Å². The number of hydrogen-bond donors (Lipinski definition) is 0. The van der Waals surface area contributed by atoms with E-state index in [-0.39, 0.29) is 23.4 Å². The first-order valence-electron chi connectivity index (χ1n) is 15.5. The average molecular weight is 723 g/mol. The zero-order valence-corrected chi connectivity index (χ0v) is 29.4. The van der Waals surface area contributed by atoms with Gasteiger partial charge < -0.3 is 14.3 Å². The largest absolute Gasteiger partial charge is 0.573 e. The minimum absolute atomic E-state index is 0.00401. The van der Waals surface area contributed by atoms with Crippen LogP contribution in [0.1, 0.15) is 50.3 Å². The maximum Gasteiger partial charge on any atom is 0.573 e. The molecule has 3 aromatic carbocycles. The van der Waals surface area contributed by atoms with Gasteiger partial charge in [-0.3, -0.25) is 4.90 Å². The number of ether oxygens (including phenoxy) is 2. The Kier molecular flexibility index (Phi) is 9.64. The number of anilines is 1. The molecule has 1 amide bonds. The first-order chi connectivity index (χ1) is 23.6. The van der Waals surface area contributed by atoms with E-state index in [0.717, 1.165) is 27.8 Å². The number of thiocarbonyl (C=S) groups is 1. The molecule has 2 aliphatic heterocycles. The third-order valence-corrected chi connectivity index (χ3v) is 8.66. The number of alkyl halides is 3. The van der Waals surface area contributed by atoms with Gasteiger partial charge in [-0.25, -0.2) is 14.5 Å². The Morgan fingerprint density at radius 1 is 1.08 bits per heavy atom. The van der Waals surface area contributed by atoms with Crippen LogP contribution in [-0.2, 0) is 16.1 Å². The average Bonchev–Trinajstić information content (AvgIpc) is 3.68. The highest BCUT2D eigenvalue weighted by atomic mass is 32.2. The fraction of sp³-hybridized carbons (Fsp3) is 0.286. The summed E-state index contributed by atoms with van der Waals surface area (Å²) in [5.74, 6) is 1.05. The number of amides is 1. The van der Waals surface area contributed by atoms with Crippen LogP contribution in [0, 0.1) is 6.92 Å². The zero-order valence-electron chi connectivity index (χ0n) is 27.8. The number of hydroxylamine groups is 2. The van der Waals surface area contributed by atoms with Crippen molar-refractivity contribution in [3.63, 3.8) is 0 Å². The van der Waals surface area contributed by atoms with Crippen molar-refractivity contribution in [1.29, 1.82) is 0 Å². The van der Waals surface area contributed by atoms with Crippen molar-refractivity contribution in [2.24, 2.45) is 4.99 Å². The standard InChI is InChI=1S/C35H33F3N6O4S2/c1-21-6-15-28-22(2)17-26-19-50-31(44(26)29(28)16-21)40-32(49)48-43(33(45)47-34(3,4)5)18-23-7-9-24(10-8-23)30-39-20-42(41-30)25-11-13-27(14-12-25)46-35(36,37)38/h6-17,20,22H,18-19H2,1-5H3/b40-31-. The number of nitrogens with zero attached hydrogens (tertiary/aromatic N) is 6. The van der Waals surface area contributed by atoms with Gasteiger partial charge in [0, 0.05) is 22.9 Å². The molecule has 1 atom stereocenters. The lowest BCUT2D eigenvalue weighted by atomic mass is 9.93.